The van der Waals surface area contributed by atoms with Gasteiger partial charge < -0.3 is 10.2 Å². The van der Waals surface area contributed by atoms with Crippen LogP contribution in [0.25, 0.3) is 0 Å². The first-order valence-corrected chi connectivity index (χ1v) is 7.32. The molecule has 1 unspecified atom stereocenters. The largest absolute Gasteiger partial charge is 0.362 e. The first kappa shape index (κ1) is 14.5. The molecule has 1 rings (SSSR count). The summed E-state index contributed by atoms with van der Waals surface area (Å²) >= 11 is 7.19. The summed E-state index contributed by atoms with van der Waals surface area (Å²) in [7, 11) is 2.06. The van der Waals surface area contributed by atoms with Gasteiger partial charge in [-0.2, -0.15) is 0 Å². The predicted octanol–water partition coefficient (Wildman–Crippen LogP) is 3.14. The van der Waals surface area contributed by atoms with Crippen molar-refractivity contribution in [2.24, 2.45) is 5.92 Å². The number of hydrogen-bond acceptors (Lipinski definition) is 2. The smallest absolute Gasteiger partial charge is 0.168 e. The minimum atomic E-state index is 0.431. The molecule has 0 aliphatic carbocycles. The van der Waals surface area contributed by atoms with Crippen molar-refractivity contribution >= 4 is 28.7 Å². The molecule has 0 amide bonds. The Balaban J connectivity index is 2.40. The summed E-state index contributed by atoms with van der Waals surface area (Å²) in [5.41, 5.74) is 0. The zero-order valence-corrected chi connectivity index (χ0v) is 12.7. The Morgan fingerprint density at radius 1 is 1.47 bits per heavy atom. The summed E-state index contributed by atoms with van der Waals surface area (Å²) in [6.07, 6.45) is 1.05. The summed E-state index contributed by atoms with van der Waals surface area (Å²) in [5.74, 6) is 0.619. The summed E-state index contributed by atoms with van der Waals surface area (Å²) in [6, 6.07) is 4.71. The molecule has 0 fully saturated rings. The minimum absolute atomic E-state index is 0.431. The lowest BCUT2D eigenvalue weighted by molar-refractivity contribution is 0.381. The second kappa shape index (κ2) is 6.97. The molecule has 17 heavy (non-hydrogen) atoms. The second-order valence-electron chi connectivity index (χ2n) is 4.82. The predicted molar refractivity (Wildman–Crippen MR) is 80.7 cm³/mol. The third-order valence-corrected chi connectivity index (χ3v) is 4.05. The van der Waals surface area contributed by atoms with Crippen LogP contribution in [0.1, 0.15) is 25.6 Å². The van der Waals surface area contributed by atoms with Gasteiger partial charge >= 0.3 is 0 Å². The van der Waals surface area contributed by atoms with Crippen LogP contribution in [0.4, 0.5) is 0 Å². The number of likely N-dealkylation sites (N-methyl/N-ethyl adjacent to an activating group) is 1. The lowest BCUT2D eigenvalue weighted by Crippen LogP contribution is -2.44. The lowest BCUT2D eigenvalue weighted by atomic mass is 10.2. The molecule has 0 aliphatic rings. The highest BCUT2D eigenvalue weighted by molar-refractivity contribution is 7.80. The average Bonchev–Trinajstić information content (AvgIpc) is 2.77. The Bertz CT molecular complexity index is 333. The van der Waals surface area contributed by atoms with E-state index in [0.717, 1.165) is 18.1 Å². The molecule has 0 saturated heterocycles. The van der Waals surface area contributed by atoms with Crippen molar-refractivity contribution in [2.45, 2.75) is 33.2 Å². The van der Waals surface area contributed by atoms with Crippen molar-refractivity contribution in [3.63, 3.8) is 0 Å². The number of nitrogens with zero attached hydrogens (tertiary/aromatic N) is 1. The Labute approximate surface area is 114 Å². The molecule has 0 radical (unpaired) electrons. The van der Waals surface area contributed by atoms with Crippen molar-refractivity contribution in [2.75, 3.05) is 13.6 Å². The van der Waals surface area contributed by atoms with Gasteiger partial charge in [0.2, 0.25) is 0 Å². The van der Waals surface area contributed by atoms with Crippen molar-refractivity contribution in [1.29, 1.82) is 0 Å². The average molecular weight is 270 g/mol. The molecule has 0 saturated carbocycles. The standard InChI is InChI=1S/C13H22N2S2/c1-10(2)9-14-13(16)15(4)11(3)8-12-6-5-7-17-12/h5-7,10-11H,8-9H2,1-4H3,(H,14,16). The summed E-state index contributed by atoms with van der Waals surface area (Å²) in [4.78, 5) is 3.56. The van der Waals surface area contributed by atoms with E-state index in [2.05, 4.69) is 55.5 Å². The molecule has 0 aromatic carbocycles. The van der Waals surface area contributed by atoms with Crippen LogP contribution in [0.2, 0.25) is 0 Å². The molecule has 4 heteroatoms. The number of thiocarbonyl (C=S) groups is 1. The normalized spacial score (nSPS) is 12.5. The topological polar surface area (TPSA) is 15.3 Å². The first-order chi connectivity index (χ1) is 8.00. The third-order valence-electron chi connectivity index (χ3n) is 2.72. The van der Waals surface area contributed by atoms with Crippen LogP contribution in [0, 0.1) is 5.92 Å². The first-order valence-electron chi connectivity index (χ1n) is 6.03. The maximum Gasteiger partial charge on any atom is 0.168 e. The van der Waals surface area contributed by atoms with Crippen LogP contribution in [0.3, 0.4) is 0 Å². The third kappa shape index (κ3) is 5.04. The van der Waals surface area contributed by atoms with E-state index >= 15 is 0 Å². The summed E-state index contributed by atoms with van der Waals surface area (Å²) in [6.45, 7) is 7.52. The monoisotopic (exact) mass is 270 g/mol. The minimum Gasteiger partial charge on any atom is -0.362 e. The fraction of sp³-hybridized carbons (Fsp3) is 0.615. The van der Waals surface area contributed by atoms with E-state index in [9.17, 15) is 0 Å². The Kier molecular flexibility index (Phi) is 5.92. The molecule has 1 N–H and O–H groups in total. The molecule has 2 nitrogen and oxygen atoms in total. The van der Waals surface area contributed by atoms with Gasteiger partial charge in [0.05, 0.1) is 0 Å². The highest BCUT2D eigenvalue weighted by atomic mass is 32.1. The van der Waals surface area contributed by atoms with Gasteiger partial charge in [-0.3, -0.25) is 0 Å². The van der Waals surface area contributed by atoms with Crippen LogP contribution >= 0.6 is 23.6 Å². The Hall–Kier alpha value is -0.610. The lowest BCUT2D eigenvalue weighted by Gasteiger charge is -2.28. The molecule has 0 bridgehead atoms. The Morgan fingerprint density at radius 3 is 2.71 bits per heavy atom. The van der Waals surface area contributed by atoms with Gasteiger partial charge in [-0.25, -0.2) is 0 Å². The maximum absolute atomic E-state index is 5.39. The SMILES string of the molecule is CC(C)CNC(=S)N(C)C(C)Cc1cccs1. The quantitative estimate of drug-likeness (QED) is 0.828. The van der Waals surface area contributed by atoms with Crippen molar-refractivity contribution in [3.05, 3.63) is 22.4 Å². The molecule has 1 aromatic heterocycles. The van der Waals surface area contributed by atoms with Crippen molar-refractivity contribution in [1.82, 2.24) is 10.2 Å². The molecular weight excluding hydrogens is 248 g/mol. The van der Waals surface area contributed by atoms with Crippen LogP contribution in [0.5, 0.6) is 0 Å². The van der Waals surface area contributed by atoms with Gasteiger partial charge in [-0.1, -0.05) is 19.9 Å². The van der Waals surface area contributed by atoms with Crippen LogP contribution in [-0.4, -0.2) is 29.6 Å². The Morgan fingerprint density at radius 2 is 2.18 bits per heavy atom. The van der Waals surface area contributed by atoms with Gasteiger partial charge in [0, 0.05) is 30.9 Å². The number of thiophene rings is 1. The summed E-state index contributed by atoms with van der Waals surface area (Å²) < 4.78 is 0. The number of rotatable bonds is 5. The zero-order valence-electron chi connectivity index (χ0n) is 11.1. The van der Waals surface area contributed by atoms with Crippen LogP contribution in [0.15, 0.2) is 17.5 Å². The van der Waals surface area contributed by atoms with E-state index in [0.29, 0.717) is 12.0 Å². The molecule has 1 atom stereocenters. The molecule has 1 aromatic rings. The molecule has 1 heterocycles. The molecule has 96 valence electrons. The van der Waals surface area contributed by atoms with E-state index in [1.54, 1.807) is 0 Å². The summed E-state index contributed by atoms with van der Waals surface area (Å²) in [5, 5.41) is 6.28. The van der Waals surface area contributed by atoms with Crippen molar-refractivity contribution < 1.29 is 0 Å². The van der Waals surface area contributed by atoms with Gasteiger partial charge in [0.15, 0.2) is 5.11 Å². The van der Waals surface area contributed by atoms with Gasteiger partial charge in [0.25, 0.3) is 0 Å². The van der Waals surface area contributed by atoms with E-state index in [4.69, 9.17) is 12.2 Å². The van der Waals surface area contributed by atoms with Crippen molar-refractivity contribution in [3.8, 4) is 0 Å². The number of nitrogens with one attached hydrogen (secondary N) is 1. The van der Waals surface area contributed by atoms with Gasteiger partial charge in [-0.15, -0.1) is 11.3 Å². The highest BCUT2D eigenvalue weighted by Gasteiger charge is 2.13. The van der Waals surface area contributed by atoms with Gasteiger partial charge in [-0.05, 0) is 36.5 Å². The van der Waals surface area contributed by atoms with Crippen LogP contribution < -0.4 is 5.32 Å². The van der Waals surface area contributed by atoms with E-state index in [1.165, 1.54) is 4.88 Å². The van der Waals surface area contributed by atoms with E-state index in [-0.39, 0.29) is 0 Å². The highest BCUT2D eigenvalue weighted by Crippen LogP contribution is 2.13. The maximum atomic E-state index is 5.39. The molecule has 0 aliphatic heterocycles. The van der Waals surface area contributed by atoms with Crippen LogP contribution in [-0.2, 0) is 6.42 Å². The second-order valence-corrected chi connectivity index (χ2v) is 6.24. The zero-order chi connectivity index (χ0) is 12.8. The molecule has 0 spiro atoms. The fourth-order valence-electron chi connectivity index (χ4n) is 1.47. The number of hydrogen-bond donors (Lipinski definition) is 1. The molecular formula is C13H22N2S2. The van der Waals surface area contributed by atoms with Gasteiger partial charge in [0.1, 0.15) is 0 Å². The fourth-order valence-corrected chi connectivity index (χ4v) is 2.56. The van der Waals surface area contributed by atoms with E-state index < -0.39 is 0 Å². The van der Waals surface area contributed by atoms with E-state index in [1.807, 2.05) is 11.3 Å².